The zero-order chi connectivity index (χ0) is 19.6. The van der Waals surface area contributed by atoms with Crippen molar-refractivity contribution in [3.8, 4) is 11.5 Å². The standard InChI is InChI=1S/C20H26N4O3/c1-4-22-19(25)13-27-17-9-8-15(11-18(17)26-3)12-23-20(21)24-16-7-5-6-14(2)10-16/h5-11H,4,12-13H2,1-3H3,(H,22,25)(H3,21,23,24). The summed E-state index contributed by atoms with van der Waals surface area (Å²) in [6.07, 6.45) is 0. The van der Waals surface area contributed by atoms with Crippen molar-refractivity contribution in [1.82, 2.24) is 5.32 Å². The monoisotopic (exact) mass is 370 g/mol. The number of anilines is 1. The van der Waals surface area contributed by atoms with Crippen molar-refractivity contribution in [3.63, 3.8) is 0 Å². The molecule has 1 amide bonds. The highest BCUT2D eigenvalue weighted by molar-refractivity contribution is 5.92. The van der Waals surface area contributed by atoms with E-state index in [0.29, 0.717) is 30.5 Å². The molecule has 0 spiro atoms. The molecule has 144 valence electrons. The molecule has 0 unspecified atom stereocenters. The summed E-state index contributed by atoms with van der Waals surface area (Å²) in [5.41, 5.74) is 8.89. The van der Waals surface area contributed by atoms with E-state index in [2.05, 4.69) is 15.6 Å². The first-order valence-corrected chi connectivity index (χ1v) is 8.71. The molecule has 0 aliphatic carbocycles. The van der Waals surface area contributed by atoms with Crippen molar-refractivity contribution < 1.29 is 14.3 Å². The number of nitrogens with one attached hydrogen (secondary N) is 2. The van der Waals surface area contributed by atoms with E-state index in [1.165, 1.54) is 0 Å². The van der Waals surface area contributed by atoms with Crippen molar-refractivity contribution in [2.45, 2.75) is 20.4 Å². The molecule has 0 aliphatic heterocycles. The molecule has 0 saturated heterocycles. The van der Waals surface area contributed by atoms with E-state index in [1.807, 2.05) is 50.2 Å². The summed E-state index contributed by atoms with van der Waals surface area (Å²) >= 11 is 0. The van der Waals surface area contributed by atoms with Crippen molar-refractivity contribution in [2.24, 2.45) is 10.7 Å². The number of methoxy groups -OCH3 is 1. The van der Waals surface area contributed by atoms with Crippen LogP contribution in [0.2, 0.25) is 0 Å². The first-order valence-electron chi connectivity index (χ1n) is 8.71. The van der Waals surface area contributed by atoms with Crippen LogP contribution in [0.3, 0.4) is 0 Å². The third-order valence-corrected chi connectivity index (χ3v) is 3.68. The number of guanidine groups is 1. The Kier molecular flexibility index (Phi) is 7.49. The molecule has 27 heavy (non-hydrogen) atoms. The van der Waals surface area contributed by atoms with Gasteiger partial charge < -0.3 is 25.8 Å². The maximum Gasteiger partial charge on any atom is 0.257 e. The Hall–Kier alpha value is -3.22. The Bertz CT molecular complexity index is 806. The number of hydrogen-bond acceptors (Lipinski definition) is 4. The molecule has 2 aromatic rings. The highest BCUT2D eigenvalue weighted by atomic mass is 16.5. The molecule has 0 heterocycles. The Morgan fingerprint density at radius 3 is 2.70 bits per heavy atom. The molecule has 0 fully saturated rings. The number of carbonyl (C=O) groups excluding carboxylic acids is 1. The van der Waals surface area contributed by atoms with Crippen LogP contribution in [-0.2, 0) is 11.3 Å². The highest BCUT2D eigenvalue weighted by Gasteiger charge is 2.08. The van der Waals surface area contributed by atoms with E-state index in [1.54, 1.807) is 13.2 Å². The topological polar surface area (TPSA) is 98.0 Å². The van der Waals surface area contributed by atoms with Gasteiger partial charge in [0.05, 0.1) is 13.7 Å². The molecule has 0 saturated carbocycles. The molecule has 2 aromatic carbocycles. The normalized spacial score (nSPS) is 11.0. The zero-order valence-corrected chi connectivity index (χ0v) is 15.9. The summed E-state index contributed by atoms with van der Waals surface area (Å²) in [4.78, 5) is 15.9. The number of nitrogens with zero attached hydrogens (tertiary/aromatic N) is 1. The van der Waals surface area contributed by atoms with Gasteiger partial charge in [0.2, 0.25) is 0 Å². The number of benzene rings is 2. The van der Waals surface area contributed by atoms with Crippen molar-refractivity contribution in [2.75, 3.05) is 25.6 Å². The predicted octanol–water partition coefficient (Wildman–Crippen LogP) is 2.45. The van der Waals surface area contributed by atoms with Gasteiger partial charge in [0.1, 0.15) is 0 Å². The molecule has 7 heteroatoms. The number of likely N-dealkylation sites (N-methyl/N-ethyl adjacent to an activating group) is 1. The van der Waals surface area contributed by atoms with E-state index < -0.39 is 0 Å². The van der Waals surface area contributed by atoms with E-state index in [-0.39, 0.29) is 12.5 Å². The number of rotatable bonds is 8. The largest absolute Gasteiger partial charge is 0.493 e. The maximum absolute atomic E-state index is 11.5. The summed E-state index contributed by atoms with van der Waals surface area (Å²) in [6, 6.07) is 13.3. The Morgan fingerprint density at radius 1 is 1.19 bits per heavy atom. The zero-order valence-electron chi connectivity index (χ0n) is 15.9. The minimum Gasteiger partial charge on any atom is -0.493 e. The third kappa shape index (κ3) is 6.54. The Balaban J connectivity index is 1.98. The maximum atomic E-state index is 11.5. The van der Waals surface area contributed by atoms with Gasteiger partial charge in [-0.05, 0) is 49.2 Å². The van der Waals surface area contributed by atoms with Crippen LogP contribution in [0.25, 0.3) is 0 Å². The molecule has 4 N–H and O–H groups in total. The number of hydrogen-bond donors (Lipinski definition) is 3. The van der Waals surface area contributed by atoms with Crippen molar-refractivity contribution in [1.29, 1.82) is 0 Å². The van der Waals surface area contributed by atoms with Gasteiger partial charge in [-0.3, -0.25) is 4.79 Å². The number of amides is 1. The molecule has 0 aromatic heterocycles. The van der Waals surface area contributed by atoms with Crippen LogP contribution in [0.4, 0.5) is 5.69 Å². The molecule has 0 atom stereocenters. The van der Waals surface area contributed by atoms with E-state index in [9.17, 15) is 4.79 Å². The lowest BCUT2D eigenvalue weighted by atomic mass is 10.2. The fourth-order valence-corrected chi connectivity index (χ4v) is 2.41. The second kappa shape index (κ2) is 10.1. The van der Waals surface area contributed by atoms with Crippen LogP contribution in [0.15, 0.2) is 47.5 Å². The predicted molar refractivity (Wildman–Crippen MR) is 107 cm³/mol. The average Bonchev–Trinajstić information content (AvgIpc) is 2.65. The number of ether oxygens (including phenoxy) is 2. The van der Waals surface area contributed by atoms with E-state index >= 15 is 0 Å². The van der Waals surface area contributed by atoms with Gasteiger partial charge in [-0.15, -0.1) is 0 Å². The summed E-state index contributed by atoms with van der Waals surface area (Å²) in [6.45, 7) is 4.76. The highest BCUT2D eigenvalue weighted by Crippen LogP contribution is 2.28. The SMILES string of the molecule is CCNC(=O)COc1ccc(CN=C(N)Nc2cccc(C)c2)cc1OC. The first kappa shape index (κ1) is 20.1. The molecule has 0 bridgehead atoms. The lowest BCUT2D eigenvalue weighted by Gasteiger charge is -2.12. The van der Waals surface area contributed by atoms with Crippen molar-refractivity contribution in [3.05, 3.63) is 53.6 Å². The van der Waals surface area contributed by atoms with E-state index in [4.69, 9.17) is 15.2 Å². The number of aryl methyl sites for hydroxylation is 1. The molecular weight excluding hydrogens is 344 g/mol. The van der Waals surface area contributed by atoms with Gasteiger partial charge in [-0.1, -0.05) is 18.2 Å². The lowest BCUT2D eigenvalue weighted by molar-refractivity contribution is -0.123. The quantitative estimate of drug-likeness (QED) is 0.490. The second-order valence-corrected chi connectivity index (χ2v) is 5.92. The average molecular weight is 370 g/mol. The van der Waals surface area contributed by atoms with Gasteiger partial charge >= 0.3 is 0 Å². The van der Waals surface area contributed by atoms with Crippen LogP contribution in [-0.4, -0.2) is 32.1 Å². The summed E-state index contributed by atoms with van der Waals surface area (Å²) < 4.78 is 10.8. The fraction of sp³-hybridized carbons (Fsp3) is 0.300. The summed E-state index contributed by atoms with van der Waals surface area (Å²) in [7, 11) is 1.55. The minimum absolute atomic E-state index is 0.0605. The molecule has 0 aliphatic rings. The fourth-order valence-electron chi connectivity index (χ4n) is 2.41. The van der Waals surface area contributed by atoms with Gasteiger partial charge in [-0.2, -0.15) is 0 Å². The van der Waals surface area contributed by atoms with Crippen LogP contribution in [0.5, 0.6) is 11.5 Å². The minimum atomic E-state index is -0.178. The molecule has 0 radical (unpaired) electrons. The van der Waals surface area contributed by atoms with E-state index in [0.717, 1.165) is 16.8 Å². The molecule has 2 rings (SSSR count). The van der Waals surface area contributed by atoms with Gasteiger partial charge in [-0.25, -0.2) is 4.99 Å². The summed E-state index contributed by atoms with van der Waals surface area (Å²) in [5.74, 6) is 1.19. The van der Waals surface area contributed by atoms with Gasteiger partial charge in [0.25, 0.3) is 5.91 Å². The molecule has 7 nitrogen and oxygen atoms in total. The van der Waals surface area contributed by atoms with Gasteiger partial charge in [0, 0.05) is 12.2 Å². The van der Waals surface area contributed by atoms with Gasteiger partial charge in [0.15, 0.2) is 24.1 Å². The van der Waals surface area contributed by atoms with Crippen LogP contribution < -0.4 is 25.8 Å². The Morgan fingerprint density at radius 2 is 2.00 bits per heavy atom. The van der Waals surface area contributed by atoms with Crippen molar-refractivity contribution >= 4 is 17.6 Å². The smallest absolute Gasteiger partial charge is 0.257 e. The number of carbonyl (C=O) groups is 1. The molecular formula is C20H26N4O3. The number of aliphatic imine (C=N–C) groups is 1. The van der Waals surface area contributed by atoms with Crippen LogP contribution in [0.1, 0.15) is 18.1 Å². The lowest BCUT2D eigenvalue weighted by Crippen LogP contribution is -2.28. The number of nitrogens with two attached hydrogens (primary N) is 1. The first-order chi connectivity index (χ1) is 13.0. The van der Waals surface area contributed by atoms with Crippen LogP contribution in [0, 0.1) is 6.92 Å². The third-order valence-electron chi connectivity index (χ3n) is 3.68. The summed E-state index contributed by atoms with van der Waals surface area (Å²) in [5, 5.41) is 5.74. The van der Waals surface area contributed by atoms with Crippen LogP contribution >= 0.6 is 0 Å². The Labute approximate surface area is 159 Å². The second-order valence-electron chi connectivity index (χ2n) is 5.92.